The third-order valence-electron chi connectivity index (χ3n) is 4.08. The van der Waals surface area contributed by atoms with Crippen molar-refractivity contribution >= 4 is 11.6 Å². The van der Waals surface area contributed by atoms with Crippen molar-refractivity contribution in [1.82, 2.24) is 15.1 Å². The number of benzene rings is 1. The highest BCUT2D eigenvalue weighted by Crippen LogP contribution is 2.33. The van der Waals surface area contributed by atoms with E-state index in [1.807, 2.05) is 16.8 Å². The highest BCUT2D eigenvalue weighted by atomic mass is 35.5. The van der Waals surface area contributed by atoms with Crippen molar-refractivity contribution in [3.05, 3.63) is 52.8 Å². The molecule has 1 aliphatic heterocycles. The van der Waals surface area contributed by atoms with Gasteiger partial charge in [-0.25, -0.2) is 0 Å². The monoisotopic (exact) mass is 289 g/mol. The van der Waals surface area contributed by atoms with Crippen LogP contribution in [0.4, 0.5) is 0 Å². The highest BCUT2D eigenvalue weighted by Gasteiger charge is 2.39. The number of nitrogens with zero attached hydrogens (tertiary/aromatic N) is 2. The molecular weight excluding hydrogens is 270 g/mol. The van der Waals surface area contributed by atoms with Crippen LogP contribution in [-0.2, 0) is 11.8 Å². The third kappa shape index (κ3) is 2.48. The molecule has 2 aromatic rings. The van der Waals surface area contributed by atoms with Gasteiger partial charge < -0.3 is 5.32 Å². The Bertz CT molecular complexity index is 599. The molecule has 0 amide bonds. The summed E-state index contributed by atoms with van der Waals surface area (Å²) in [5, 5.41) is 8.88. The molecule has 0 aliphatic carbocycles. The average molecular weight is 290 g/mol. The van der Waals surface area contributed by atoms with Gasteiger partial charge in [0.05, 0.1) is 5.69 Å². The highest BCUT2D eigenvalue weighted by molar-refractivity contribution is 6.30. The van der Waals surface area contributed by atoms with E-state index in [9.17, 15) is 0 Å². The predicted octanol–water partition coefficient (Wildman–Crippen LogP) is 3.20. The maximum Gasteiger partial charge on any atom is 0.0634 e. The first-order valence-electron chi connectivity index (χ1n) is 7.10. The number of hydrogen-bond acceptors (Lipinski definition) is 2. The smallest absolute Gasteiger partial charge is 0.0634 e. The molecule has 2 heterocycles. The van der Waals surface area contributed by atoms with Crippen molar-refractivity contribution in [3.63, 3.8) is 0 Å². The van der Waals surface area contributed by atoms with E-state index in [0.29, 0.717) is 6.04 Å². The van der Waals surface area contributed by atoms with Crippen LogP contribution in [0.5, 0.6) is 0 Å². The van der Waals surface area contributed by atoms with E-state index < -0.39 is 0 Å². The molecule has 0 radical (unpaired) electrons. The van der Waals surface area contributed by atoms with Gasteiger partial charge in [0.25, 0.3) is 0 Å². The van der Waals surface area contributed by atoms with Crippen LogP contribution in [0.25, 0.3) is 0 Å². The number of rotatable bonds is 4. The van der Waals surface area contributed by atoms with Crippen LogP contribution >= 0.6 is 11.6 Å². The zero-order chi connectivity index (χ0) is 14.2. The number of halogens is 1. The molecule has 0 saturated carbocycles. The van der Waals surface area contributed by atoms with Crippen LogP contribution in [0, 0.1) is 0 Å². The molecule has 20 heavy (non-hydrogen) atoms. The molecule has 1 N–H and O–H groups in total. The summed E-state index contributed by atoms with van der Waals surface area (Å²) in [6.45, 7) is 6.27. The van der Waals surface area contributed by atoms with E-state index in [2.05, 4.69) is 48.7 Å². The molecule has 0 unspecified atom stereocenters. The van der Waals surface area contributed by atoms with Gasteiger partial charge in [-0.05, 0) is 37.6 Å². The summed E-state index contributed by atoms with van der Waals surface area (Å²) >= 11 is 6.14. The maximum absolute atomic E-state index is 6.14. The SMILES string of the molecule is CC(C)n1ccc(CC2(c3cccc(Cl)c3)CNC2)n1. The van der Waals surface area contributed by atoms with Gasteiger partial charge in [-0.3, -0.25) is 4.68 Å². The quantitative estimate of drug-likeness (QED) is 0.937. The molecule has 1 fully saturated rings. The van der Waals surface area contributed by atoms with Crippen molar-refractivity contribution < 1.29 is 0 Å². The van der Waals surface area contributed by atoms with E-state index >= 15 is 0 Å². The van der Waals surface area contributed by atoms with Crippen molar-refractivity contribution in [1.29, 1.82) is 0 Å². The molecule has 1 saturated heterocycles. The van der Waals surface area contributed by atoms with Gasteiger partial charge >= 0.3 is 0 Å². The molecule has 4 heteroatoms. The fraction of sp³-hybridized carbons (Fsp3) is 0.438. The summed E-state index contributed by atoms with van der Waals surface area (Å²) in [6, 6.07) is 10.8. The molecule has 0 atom stereocenters. The van der Waals surface area contributed by atoms with Crippen LogP contribution in [-0.4, -0.2) is 22.9 Å². The van der Waals surface area contributed by atoms with Crippen LogP contribution in [0.2, 0.25) is 5.02 Å². The van der Waals surface area contributed by atoms with E-state index in [1.165, 1.54) is 5.56 Å². The van der Waals surface area contributed by atoms with E-state index in [0.717, 1.165) is 30.2 Å². The van der Waals surface area contributed by atoms with Gasteiger partial charge in [0, 0.05) is 42.2 Å². The summed E-state index contributed by atoms with van der Waals surface area (Å²) in [7, 11) is 0. The summed E-state index contributed by atoms with van der Waals surface area (Å²) < 4.78 is 2.02. The number of aromatic nitrogens is 2. The first-order chi connectivity index (χ1) is 9.59. The molecule has 3 nitrogen and oxygen atoms in total. The molecule has 1 aliphatic rings. The first-order valence-corrected chi connectivity index (χ1v) is 7.48. The predicted molar refractivity (Wildman–Crippen MR) is 82.3 cm³/mol. The lowest BCUT2D eigenvalue weighted by Gasteiger charge is -2.43. The van der Waals surface area contributed by atoms with Gasteiger partial charge in [-0.1, -0.05) is 23.7 Å². The second-order valence-electron chi connectivity index (χ2n) is 5.95. The fourth-order valence-corrected chi connectivity index (χ4v) is 2.97. The van der Waals surface area contributed by atoms with Gasteiger partial charge in [0.2, 0.25) is 0 Å². The molecule has 0 spiro atoms. The van der Waals surface area contributed by atoms with Crippen molar-refractivity contribution in [3.8, 4) is 0 Å². The van der Waals surface area contributed by atoms with Crippen molar-refractivity contribution in [2.75, 3.05) is 13.1 Å². The Balaban J connectivity index is 1.86. The second-order valence-corrected chi connectivity index (χ2v) is 6.39. The zero-order valence-electron chi connectivity index (χ0n) is 11.9. The zero-order valence-corrected chi connectivity index (χ0v) is 12.7. The first kappa shape index (κ1) is 13.7. The summed E-state index contributed by atoms with van der Waals surface area (Å²) in [5.74, 6) is 0. The second kappa shape index (κ2) is 5.23. The van der Waals surface area contributed by atoms with Gasteiger partial charge in [-0.15, -0.1) is 0 Å². The number of hydrogen-bond donors (Lipinski definition) is 1. The Morgan fingerprint density at radius 1 is 1.35 bits per heavy atom. The lowest BCUT2D eigenvalue weighted by molar-refractivity contribution is 0.271. The maximum atomic E-state index is 6.14. The summed E-state index contributed by atoms with van der Waals surface area (Å²) in [4.78, 5) is 0. The Kier molecular flexibility index (Phi) is 3.57. The Morgan fingerprint density at radius 2 is 2.15 bits per heavy atom. The minimum absolute atomic E-state index is 0.140. The summed E-state index contributed by atoms with van der Waals surface area (Å²) in [6.07, 6.45) is 3.03. The van der Waals surface area contributed by atoms with E-state index in [1.54, 1.807) is 0 Å². The van der Waals surface area contributed by atoms with Crippen LogP contribution < -0.4 is 5.32 Å². The van der Waals surface area contributed by atoms with Gasteiger partial charge in [-0.2, -0.15) is 5.10 Å². The molecule has 1 aromatic heterocycles. The Hall–Kier alpha value is -1.32. The van der Waals surface area contributed by atoms with Crippen molar-refractivity contribution in [2.45, 2.75) is 31.7 Å². The minimum atomic E-state index is 0.140. The number of nitrogens with one attached hydrogen (secondary N) is 1. The minimum Gasteiger partial charge on any atom is -0.315 e. The Labute approximate surface area is 124 Å². The average Bonchev–Trinajstić information content (AvgIpc) is 2.82. The lowest BCUT2D eigenvalue weighted by Crippen LogP contribution is -2.58. The van der Waals surface area contributed by atoms with Gasteiger partial charge in [0.15, 0.2) is 0 Å². The molecule has 3 rings (SSSR count). The van der Waals surface area contributed by atoms with E-state index in [4.69, 9.17) is 11.6 Å². The van der Waals surface area contributed by atoms with Gasteiger partial charge in [0.1, 0.15) is 0 Å². The molecule has 0 bridgehead atoms. The van der Waals surface area contributed by atoms with Crippen molar-refractivity contribution in [2.24, 2.45) is 0 Å². The normalized spacial score (nSPS) is 17.2. The fourth-order valence-electron chi connectivity index (χ4n) is 2.78. The third-order valence-corrected chi connectivity index (χ3v) is 4.31. The van der Waals surface area contributed by atoms with Crippen LogP contribution in [0.15, 0.2) is 36.5 Å². The standard InChI is InChI=1S/C16H20ClN3/c1-12(2)20-7-6-15(19-20)9-16(10-18-11-16)13-4-3-5-14(17)8-13/h3-8,12,18H,9-11H2,1-2H3. The Morgan fingerprint density at radius 3 is 2.70 bits per heavy atom. The lowest BCUT2D eigenvalue weighted by atomic mass is 9.72. The van der Waals surface area contributed by atoms with Crippen LogP contribution in [0.3, 0.4) is 0 Å². The molecule has 1 aromatic carbocycles. The summed E-state index contributed by atoms with van der Waals surface area (Å²) in [5.41, 5.74) is 2.60. The van der Waals surface area contributed by atoms with E-state index in [-0.39, 0.29) is 5.41 Å². The molecule has 106 valence electrons. The molecular formula is C16H20ClN3. The topological polar surface area (TPSA) is 29.9 Å². The van der Waals surface area contributed by atoms with Crippen LogP contribution in [0.1, 0.15) is 31.1 Å². The largest absolute Gasteiger partial charge is 0.315 e.